The third kappa shape index (κ3) is 4.62. The van der Waals surface area contributed by atoms with Crippen LogP contribution in [0.5, 0.6) is 0 Å². The highest BCUT2D eigenvalue weighted by Gasteiger charge is 2.14. The first kappa shape index (κ1) is 16.6. The highest BCUT2D eigenvalue weighted by Crippen LogP contribution is 2.09. The van der Waals surface area contributed by atoms with E-state index in [4.69, 9.17) is 5.73 Å². The van der Waals surface area contributed by atoms with E-state index in [1.54, 1.807) is 5.38 Å². The molecule has 0 saturated carbocycles. The molecule has 0 aliphatic carbocycles. The summed E-state index contributed by atoms with van der Waals surface area (Å²) in [6, 6.07) is 10.5. The van der Waals surface area contributed by atoms with Crippen LogP contribution in [0, 0.1) is 0 Å². The Morgan fingerprint density at radius 2 is 2.14 bits per heavy atom. The van der Waals surface area contributed by atoms with Crippen molar-refractivity contribution in [1.82, 2.24) is 15.2 Å². The maximum absolute atomic E-state index is 12.0. The zero-order chi connectivity index (χ0) is 15.9. The average molecular weight is 318 g/mol. The van der Waals surface area contributed by atoms with Gasteiger partial charge in [0, 0.05) is 31.1 Å². The summed E-state index contributed by atoms with van der Waals surface area (Å²) in [7, 11) is 2.05. The summed E-state index contributed by atoms with van der Waals surface area (Å²) in [4.78, 5) is 18.4. The number of thiazole rings is 1. The van der Waals surface area contributed by atoms with Crippen molar-refractivity contribution in [3.63, 3.8) is 0 Å². The molecule has 2 aromatic rings. The molecule has 1 heterocycles. The lowest BCUT2D eigenvalue weighted by molar-refractivity contribution is 0.0935. The second-order valence-electron chi connectivity index (χ2n) is 5.29. The van der Waals surface area contributed by atoms with Crippen LogP contribution in [-0.2, 0) is 13.1 Å². The number of carbonyl (C=O) groups excluding carboxylic acids is 1. The van der Waals surface area contributed by atoms with Crippen LogP contribution in [-0.4, -0.2) is 35.4 Å². The van der Waals surface area contributed by atoms with Gasteiger partial charge >= 0.3 is 0 Å². The summed E-state index contributed by atoms with van der Waals surface area (Å²) >= 11 is 1.41. The van der Waals surface area contributed by atoms with E-state index in [-0.39, 0.29) is 11.9 Å². The van der Waals surface area contributed by atoms with E-state index in [2.05, 4.69) is 41.3 Å². The number of carbonyl (C=O) groups is 1. The molecule has 1 unspecified atom stereocenters. The number of rotatable bonds is 7. The summed E-state index contributed by atoms with van der Waals surface area (Å²) in [6.07, 6.45) is 0. The predicted octanol–water partition coefficient (Wildman–Crippen LogP) is 1.85. The number of aromatic nitrogens is 1. The number of benzene rings is 1. The first-order chi connectivity index (χ1) is 10.6. The van der Waals surface area contributed by atoms with Gasteiger partial charge in [0.05, 0.1) is 0 Å². The number of nitrogens with one attached hydrogen (secondary N) is 1. The van der Waals surface area contributed by atoms with Gasteiger partial charge in [-0.15, -0.1) is 11.3 Å². The maximum Gasteiger partial charge on any atom is 0.270 e. The van der Waals surface area contributed by atoms with Crippen LogP contribution in [0.25, 0.3) is 0 Å². The molecule has 0 fully saturated rings. The lowest BCUT2D eigenvalue weighted by atomic mass is 10.2. The Balaban J connectivity index is 1.81. The summed E-state index contributed by atoms with van der Waals surface area (Å²) in [5, 5.41) is 5.45. The quantitative estimate of drug-likeness (QED) is 0.817. The Bertz CT molecular complexity index is 599. The third-order valence-corrected chi connectivity index (χ3v) is 4.42. The minimum atomic E-state index is -0.143. The predicted molar refractivity (Wildman–Crippen MR) is 89.7 cm³/mol. The highest BCUT2D eigenvalue weighted by molar-refractivity contribution is 7.09. The number of likely N-dealkylation sites (N-methyl/N-ethyl adjacent to an activating group) is 1. The van der Waals surface area contributed by atoms with Crippen LogP contribution in [0.1, 0.15) is 28.0 Å². The van der Waals surface area contributed by atoms with Gasteiger partial charge < -0.3 is 11.1 Å². The molecule has 118 valence electrons. The van der Waals surface area contributed by atoms with Crippen LogP contribution in [0.2, 0.25) is 0 Å². The van der Waals surface area contributed by atoms with Crippen LogP contribution in [0.15, 0.2) is 35.7 Å². The van der Waals surface area contributed by atoms with Crippen molar-refractivity contribution in [2.45, 2.75) is 26.1 Å². The number of hydrogen-bond acceptors (Lipinski definition) is 5. The van der Waals surface area contributed by atoms with Crippen LogP contribution in [0.3, 0.4) is 0 Å². The summed E-state index contributed by atoms with van der Waals surface area (Å²) in [5.74, 6) is -0.143. The molecule has 22 heavy (non-hydrogen) atoms. The van der Waals surface area contributed by atoms with E-state index < -0.39 is 0 Å². The Morgan fingerprint density at radius 1 is 1.41 bits per heavy atom. The molecule has 0 aliphatic heterocycles. The Morgan fingerprint density at radius 3 is 2.77 bits per heavy atom. The molecule has 3 N–H and O–H groups in total. The SMILES string of the molecule is CC(CNC(=O)c1csc(CN)n1)N(C)Cc1ccccc1. The van der Waals surface area contributed by atoms with Crippen LogP contribution < -0.4 is 11.1 Å². The van der Waals surface area contributed by atoms with Gasteiger partial charge in [-0.1, -0.05) is 30.3 Å². The second kappa shape index (κ2) is 8.03. The van der Waals surface area contributed by atoms with E-state index in [0.717, 1.165) is 11.6 Å². The smallest absolute Gasteiger partial charge is 0.270 e. The van der Waals surface area contributed by atoms with Crippen molar-refractivity contribution >= 4 is 17.2 Å². The molecular formula is C16H22N4OS. The minimum Gasteiger partial charge on any atom is -0.349 e. The first-order valence-electron chi connectivity index (χ1n) is 7.27. The van der Waals surface area contributed by atoms with Crippen LogP contribution >= 0.6 is 11.3 Å². The molecule has 0 aliphatic rings. The summed E-state index contributed by atoms with van der Waals surface area (Å²) in [6.45, 7) is 3.90. The van der Waals surface area contributed by atoms with Gasteiger partial charge in [0.25, 0.3) is 5.91 Å². The fraction of sp³-hybridized carbons (Fsp3) is 0.375. The normalized spacial score (nSPS) is 12.4. The molecule has 0 bridgehead atoms. The van der Waals surface area contributed by atoms with E-state index in [1.165, 1.54) is 16.9 Å². The molecule has 1 atom stereocenters. The number of nitrogens with two attached hydrogens (primary N) is 1. The van der Waals surface area contributed by atoms with Crippen LogP contribution in [0.4, 0.5) is 0 Å². The Hall–Kier alpha value is -1.76. The molecule has 1 amide bonds. The van der Waals surface area contributed by atoms with Crippen molar-refractivity contribution in [2.24, 2.45) is 5.73 Å². The molecule has 1 aromatic carbocycles. The van der Waals surface area contributed by atoms with E-state index >= 15 is 0 Å². The maximum atomic E-state index is 12.0. The Labute approximate surface area is 135 Å². The van der Waals surface area contributed by atoms with Crippen molar-refractivity contribution in [3.05, 3.63) is 52.0 Å². The number of nitrogens with zero attached hydrogens (tertiary/aromatic N) is 2. The number of amides is 1. The summed E-state index contributed by atoms with van der Waals surface area (Å²) < 4.78 is 0. The monoisotopic (exact) mass is 318 g/mol. The van der Waals surface area contributed by atoms with Crippen molar-refractivity contribution in [1.29, 1.82) is 0 Å². The Kier molecular flexibility index (Phi) is 6.06. The van der Waals surface area contributed by atoms with E-state index in [0.29, 0.717) is 18.8 Å². The van der Waals surface area contributed by atoms with E-state index in [9.17, 15) is 4.79 Å². The zero-order valence-electron chi connectivity index (χ0n) is 13.0. The van der Waals surface area contributed by atoms with Gasteiger partial charge in [0.1, 0.15) is 10.7 Å². The van der Waals surface area contributed by atoms with Gasteiger partial charge in [-0.2, -0.15) is 0 Å². The molecule has 1 aromatic heterocycles. The van der Waals surface area contributed by atoms with Crippen molar-refractivity contribution in [3.8, 4) is 0 Å². The standard InChI is InChI=1S/C16H22N4OS/c1-12(20(2)10-13-6-4-3-5-7-13)9-18-16(21)14-11-22-15(8-17)19-14/h3-7,11-12H,8-10,17H2,1-2H3,(H,18,21). The highest BCUT2D eigenvalue weighted by atomic mass is 32.1. The fourth-order valence-electron chi connectivity index (χ4n) is 2.02. The zero-order valence-corrected chi connectivity index (χ0v) is 13.8. The topological polar surface area (TPSA) is 71.2 Å². The average Bonchev–Trinajstić information content (AvgIpc) is 3.02. The van der Waals surface area contributed by atoms with Gasteiger partial charge in [-0.3, -0.25) is 9.69 Å². The molecule has 0 saturated heterocycles. The molecule has 2 rings (SSSR count). The van der Waals surface area contributed by atoms with Crippen molar-refractivity contribution < 1.29 is 4.79 Å². The third-order valence-electron chi connectivity index (χ3n) is 3.54. The molecular weight excluding hydrogens is 296 g/mol. The molecule has 0 spiro atoms. The van der Waals surface area contributed by atoms with Gasteiger partial charge in [-0.05, 0) is 19.5 Å². The molecule has 6 heteroatoms. The molecule has 5 nitrogen and oxygen atoms in total. The second-order valence-corrected chi connectivity index (χ2v) is 6.23. The first-order valence-corrected chi connectivity index (χ1v) is 8.15. The number of hydrogen-bond donors (Lipinski definition) is 2. The van der Waals surface area contributed by atoms with Gasteiger partial charge in [0.15, 0.2) is 0 Å². The largest absolute Gasteiger partial charge is 0.349 e. The van der Waals surface area contributed by atoms with Crippen molar-refractivity contribution in [2.75, 3.05) is 13.6 Å². The minimum absolute atomic E-state index is 0.143. The van der Waals surface area contributed by atoms with E-state index in [1.807, 2.05) is 18.2 Å². The van der Waals surface area contributed by atoms with Gasteiger partial charge in [0.2, 0.25) is 0 Å². The summed E-state index contributed by atoms with van der Waals surface area (Å²) in [5.41, 5.74) is 7.22. The molecule has 0 radical (unpaired) electrons. The fourth-order valence-corrected chi connectivity index (χ4v) is 2.68. The van der Waals surface area contributed by atoms with Gasteiger partial charge in [-0.25, -0.2) is 4.98 Å². The lowest BCUT2D eigenvalue weighted by Crippen LogP contribution is -2.39. The lowest BCUT2D eigenvalue weighted by Gasteiger charge is -2.24.